The fraction of sp³-hybridized carbons (Fsp3) is 0.233. The van der Waals surface area contributed by atoms with E-state index in [1.165, 1.54) is 5.69 Å². The number of anilines is 5. The number of likely N-dealkylation sites (N-methyl/N-ethyl adjacent to an activating group) is 1. The molecule has 5 aromatic rings. The van der Waals surface area contributed by atoms with Crippen molar-refractivity contribution in [3.8, 4) is 11.4 Å². The Hall–Kier alpha value is -4.43. The monoisotopic (exact) mass is 504 g/mol. The van der Waals surface area contributed by atoms with E-state index in [1.54, 1.807) is 0 Å². The number of benzene rings is 3. The van der Waals surface area contributed by atoms with E-state index in [-0.39, 0.29) is 0 Å². The van der Waals surface area contributed by atoms with E-state index >= 15 is 0 Å². The maximum atomic E-state index is 4.90. The number of imidazole rings is 1. The fourth-order valence-corrected chi connectivity index (χ4v) is 4.87. The molecule has 0 unspecified atom stereocenters. The number of nitrogens with one attached hydrogen (secondary N) is 3. The Morgan fingerprint density at radius 1 is 0.789 bits per heavy atom. The second kappa shape index (κ2) is 10.1. The molecule has 3 aromatic carbocycles. The Balaban J connectivity index is 1.31. The van der Waals surface area contributed by atoms with Crippen LogP contribution in [-0.2, 0) is 0 Å². The fourth-order valence-electron chi connectivity index (χ4n) is 4.87. The van der Waals surface area contributed by atoms with Gasteiger partial charge in [0.05, 0.1) is 16.6 Å². The molecule has 0 bridgehead atoms. The van der Waals surface area contributed by atoms with E-state index < -0.39 is 0 Å². The van der Waals surface area contributed by atoms with Crippen LogP contribution in [0.25, 0.3) is 22.4 Å². The molecule has 2 aromatic heterocycles. The Morgan fingerprint density at radius 3 is 2.26 bits per heavy atom. The van der Waals surface area contributed by atoms with Crippen LogP contribution in [0.3, 0.4) is 0 Å². The van der Waals surface area contributed by atoms with Gasteiger partial charge in [-0.2, -0.15) is 4.98 Å². The minimum atomic E-state index is 0.519. The van der Waals surface area contributed by atoms with E-state index in [0.717, 1.165) is 71.1 Å². The van der Waals surface area contributed by atoms with E-state index in [0.29, 0.717) is 11.8 Å². The van der Waals surface area contributed by atoms with Crippen molar-refractivity contribution in [1.29, 1.82) is 0 Å². The lowest BCUT2D eigenvalue weighted by atomic mass is 10.1. The number of aromatic nitrogens is 4. The summed E-state index contributed by atoms with van der Waals surface area (Å²) in [6.07, 6.45) is 1.82. The van der Waals surface area contributed by atoms with Gasteiger partial charge < -0.3 is 25.4 Å². The predicted octanol–water partition coefficient (Wildman–Crippen LogP) is 5.88. The van der Waals surface area contributed by atoms with Gasteiger partial charge in [-0.1, -0.05) is 30.3 Å². The highest BCUT2D eigenvalue weighted by molar-refractivity contribution is 5.84. The minimum absolute atomic E-state index is 0.519. The number of piperazine rings is 1. The van der Waals surface area contributed by atoms with Crippen LogP contribution in [0.15, 0.2) is 72.9 Å². The van der Waals surface area contributed by atoms with Crippen molar-refractivity contribution < 1.29 is 0 Å². The zero-order valence-electron chi connectivity index (χ0n) is 22.0. The van der Waals surface area contributed by atoms with Crippen molar-refractivity contribution >= 4 is 39.9 Å². The SMILES string of the molecule is Cc1cccc(C)c1Nc1nc(Nc2ccc(N3CCN(C)CC3)cc2)ncc1-c1nc2ccccc2[nH]1. The zero-order chi connectivity index (χ0) is 26.1. The molecule has 1 aliphatic heterocycles. The average molecular weight is 505 g/mol. The molecule has 1 aliphatic rings. The van der Waals surface area contributed by atoms with Crippen molar-refractivity contribution in [2.45, 2.75) is 13.8 Å². The van der Waals surface area contributed by atoms with Crippen molar-refractivity contribution in [3.63, 3.8) is 0 Å². The van der Waals surface area contributed by atoms with Gasteiger partial charge in [-0.25, -0.2) is 9.97 Å². The van der Waals surface area contributed by atoms with Crippen LogP contribution in [-0.4, -0.2) is 58.1 Å². The van der Waals surface area contributed by atoms with Crippen molar-refractivity contribution in [1.82, 2.24) is 24.8 Å². The molecule has 38 heavy (non-hydrogen) atoms. The number of H-pyrrole nitrogens is 1. The highest BCUT2D eigenvalue weighted by atomic mass is 15.2. The molecule has 8 heteroatoms. The van der Waals surface area contributed by atoms with Gasteiger partial charge in [-0.15, -0.1) is 0 Å². The summed E-state index contributed by atoms with van der Waals surface area (Å²) in [6, 6.07) is 22.7. The van der Waals surface area contributed by atoms with Gasteiger partial charge in [0, 0.05) is 49.4 Å². The third-order valence-corrected chi connectivity index (χ3v) is 7.15. The molecular formula is C30H32N8. The smallest absolute Gasteiger partial charge is 0.229 e. The maximum absolute atomic E-state index is 4.90. The van der Waals surface area contributed by atoms with Gasteiger partial charge in [0.15, 0.2) is 0 Å². The first-order chi connectivity index (χ1) is 18.5. The summed E-state index contributed by atoms with van der Waals surface area (Å²) in [5.41, 5.74) is 8.19. The quantitative estimate of drug-likeness (QED) is 0.266. The number of hydrogen-bond donors (Lipinski definition) is 3. The Bertz CT molecular complexity index is 1510. The number of nitrogens with zero attached hydrogens (tertiary/aromatic N) is 5. The summed E-state index contributed by atoms with van der Waals surface area (Å²) in [4.78, 5) is 22.6. The third-order valence-electron chi connectivity index (χ3n) is 7.15. The van der Waals surface area contributed by atoms with Gasteiger partial charge >= 0.3 is 0 Å². The van der Waals surface area contributed by atoms with Crippen molar-refractivity contribution in [2.24, 2.45) is 0 Å². The lowest BCUT2D eigenvalue weighted by molar-refractivity contribution is 0.313. The Kier molecular flexibility index (Phi) is 6.39. The molecule has 1 fully saturated rings. The topological polar surface area (TPSA) is 85.0 Å². The number of fused-ring (bicyclic) bond motifs is 1. The number of aryl methyl sites for hydroxylation is 2. The summed E-state index contributed by atoms with van der Waals surface area (Å²) in [7, 11) is 2.17. The summed E-state index contributed by atoms with van der Waals surface area (Å²) in [6.45, 7) is 8.45. The Morgan fingerprint density at radius 2 is 1.53 bits per heavy atom. The molecule has 0 amide bonds. The van der Waals surface area contributed by atoms with Crippen LogP contribution in [0.1, 0.15) is 11.1 Å². The van der Waals surface area contributed by atoms with Crippen LogP contribution in [0, 0.1) is 13.8 Å². The molecule has 1 saturated heterocycles. The van der Waals surface area contributed by atoms with Gasteiger partial charge in [0.2, 0.25) is 5.95 Å². The molecule has 192 valence electrons. The minimum Gasteiger partial charge on any atom is -0.369 e. The van der Waals surface area contributed by atoms with Gasteiger partial charge in [-0.05, 0) is 68.4 Å². The molecule has 3 N–H and O–H groups in total. The van der Waals surface area contributed by atoms with E-state index in [9.17, 15) is 0 Å². The largest absolute Gasteiger partial charge is 0.369 e. The molecule has 8 nitrogen and oxygen atoms in total. The van der Waals surface area contributed by atoms with Crippen LogP contribution in [0.4, 0.5) is 28.8 Å². The Labute approximate surface area is 222 Å². The van der Waals surface area contributed by atoms with Crippen molar-refractivity contribution in [2.75, 3.05) is 48.8 Å². The highest BCUT2D eigenvalue weighted by Crippen LogP contribution is 2.32. The van der Waals surface area contributed by atoms with Crippen LogP contribution >= 0.6 is 0 Å². The first-order valence-corrected chi connectivity index (χ1v) is 13.0. The molecular weight excluding hydrogens is 472 g/mol. The predicted molar refractivity (Wildman–Crippen MR) is 156 cm³/mol. The maximum Gasteiger partial charge on any atom is 0.229 e. The molecule has 0 atom stereocenters. The van der Waals surface area contributed by atoms with E-state index in [1.807, 2.05) is 30.5 Å². The lowest BCUT2D eigenvalue weighted by Crippen LogP contribution is -2.44. The molecule has 0 aliphatic carbocycles. The molecule has 0 saturated carbocycles. The second-order valence-electron chi connectivity index (χ2n) is 9.91. The number of rotatable bonds is 6. The summed E-state index contributed by atoms with van der Waals surface area (Å²) >= 11 is 0. The van der Waals surface area contributed by atoms with Crippen LogP contribution in [0.5, 0.6) is 0 Å². The van der Waals surface area contributed by atoms with Crippen molar-refractivity contribution in [3.05, 3.63) is 84.1 Å². The van der Waals surface area contributed by atoms with Crippen LogP contribution in [0.2, 0.25) is 0 Å². The molecule has 6 rings (SSSR count). The van der Waals surface area contributed by atoms with Gasteiger partial charge in [0.25, 0.3) is 0 Å². The number of aromatic amines is 1. The normalized spacial score (nSPS) is 14.1. The number of para-hydroxylation sites is 3. The standard InChI is InChI=1S/C30H32N8/c1-20-7-6-8-21(2)27(20)35-29-24(28-33-25-9-4-5-10-26(25)34-28)19-31-30(36-29)32-22-11-13-23(14-12-22)38-17-15-37(3)16-18-38/h4-14,19H,15-18H2,1-3H3,(H,33,34)(H2,31,32,35,36). The lowest BCUT2D eigenvalue weighted by Gasteiger charge is -2.34. The highest BCUT2D eigenvalue weighted by Gasteiger charge is 2.17. The summed E-state index contributed by atoms with van der Waals surface area (Å²) in [5, 5.41) is 6.95. The van der Waals surface area contributed by atoms with Gasteiger partial charge in [-0.3, -0.25) is 0 Å². The average Bonchev–Trinajstić information content (AvgIpc) is 3.36. The number of hydrogen-bond acceptors (Lipinski definition) is 7. The second-order valence-corrected chi connectivity index (χ2v) is 9.91. The molecule has 0 spiro atoms. The zero-order valence-corrected chi connectivity index (χ0v) is 22.0. The summed E-state index contributed by atoms with van der Waals surface area (Å²) in [5.74, 6) is 1.93. The van der Waals surface area contributed by atoms with Gasteiger partial charge in [0.1, 0.15) is 11.6 Å². The van der Waals surface area contributed by atoms with Crippen LogP contribution < -0.4 is 15.5 Å². The molecule has 0 radical (unpaired) electrons. The first-order valence-electron chi connectivity index (χ1n) is 13.0. The van der Waals surface area contributed by atoms with E-state index in [2.05, 4.69) is 93.8 Å². The van der Waals surface area contributed by atoms with E-state index in [4.69, 9.17) is 9.97 Å². The first kappa shape index (κ1) is 23.9. The third kappa shape index (κ3) is 4.90. The summed E-state index contributed by atoms with van der Waals surface area (Å²) < 4.78 is 0. The molecule has 3 heterocycles.